The van der Waals surface area contributed by atoms with Crippen molar-refractivity contribution in [2.45, 2.75) is 51.7 Å². The van der Waals surface area contributed by atoms with Crippen LogP contribution in [0.15, 0.2) is 10.7 Å². The van der Waals surface area contributed by atoms with Crippen molar-refractivity contribution < 1.29 is 9.53 Å². The van der Waals surface area contributed by atoms with Crippen LogP contribution in [0.5, 0.6) is 0 Å². The molecule has 7 nitrogen and oxygen atoms in total. The summed E-state index contributed by atoms with van der Waals surface area (Å²) in [5, 5.41) is 10.6. The van der Waals surface area contributed by atoms with Gasteiger partial charge < -0.3 is 4.74 Å². The van der Waals surface area contributed by atoms with Gasteiger partial charge in [0.15, 0.2) is 5.82 Å². The van der Waals surface area contributed by atoms with Crippen LogP contribution in [-0.4, -0.2) is 27.7 Å². The van der Waals surface area contributed by atoms with Crippen LogP contribution in [0.1, 0.15) is 45.9 Å². The fraction of sp³-hybridized carbons (Fsp3) is 0.571. The average Bonchev–Trinajstić information content (AvgIpc) is 2.34. The second-order valence-corrected chi connectivity index (χ2v) is 6.90. The first-order valence-electron chi connectivity index (χ1n) is 7.01. The van der Waals surface area contributed by atoms with E-state index in [4.69, 9.17) is 10.00 Å². The van der Waals surface area contributed by atoms with Crippen molar-refractivity contribution >= 4 is 27.8 Å². The van der Waals surface area contributed by atoms with E-state index in [1.165, 1.54) is 6.20 Å². The average molecular weight is 368 g/mol. The molecule has 0 radical (unpaired) electrons. The molecule has 1 fully saturated rings. The Morgan fingerprint density at radius 2 is 2.23 bits per heavy atom. The number of aromatic nitrogens is 2. The Labute approximate surface area is 137 Å². The van der Waals surface area contributed by atoms with Crippen LogP contribution < -0.4 is 10.4 Å². The second kappa shape index (κ2) is 6.48. The summed E-state index contributed by atoms with van der Waals surface area (Å²) in [7, 11) is 0. The van der Waals surface area contributed by atoms with Crippen molar-refractivity contribution in [1.29, 1.82) is 5.26 Å². The molecule has 1 N–H and O–H groups in total. The number of hydrogen-bond donors (Lipinski definition) is 1. The molecule has 1 aliphatic rings. The van der Waals surface area contributed by atoms with Crippen LogP contribution in [0.2, 0.25) is 0 Å². The minimum atomic E-state index is -0.587. The van der Waals surface area contributed by atoms with Gasteiger partial charge in [0.1, 0.15) is 11.7 Å². The maximum atomic E-state index is 12.1. The van der Waals surface area contributed by atoms with E-state index in [-0.39, 0.29) is 11.9 Å². The van der Waals surface area contributed by atoms with Crippen molar-refractivity contribution in [2.24, 2.45) is 0 Å². The van der Waals surface area contributed by atoms with Crippen molar-refractivity contribution in [3.8, 4) is 6.07 Å². The Balaban J connectivity index is 2.24. The third kappa shape index (κ3) is 4.07. The Hall–Kier alpha value is -1.88. The number of hydrazine groups is 1. The second-order valence-electron chi connectivity index (χ2n) is 6.05. The van der Waals surface area contributed by atoms with Crippen molar-refractivity contribution in [3.05, 3.63) is 16.5 Å². The molecule has 8 heteroatoms. The molecule has 0 atom stereocenters. The number of carbonyl (C=O) groups excluding carboxylic acids is 1. The van der Waals surface area contributed by atoms with Crippen LogP contribution >= 0.6 is 15.9 Å². The highest BCUT2D eigenvalue weighted by Crippen LogP contribution is 2.31. The van der Waals surface area contributed by atoms with Gasteiger partial charge >= 0.3 is 6.09 Å². The molecule has 1 amide bonds. The molecule has 22 heavy (non-hydrogen) atoms. The van der Waals surface area contributed by atoms with Crippen molar-refractivity contribution in [1.82, 2.24) is 15.4 Å². The highest BCUT2D eigenvalue weighted by atomic mass is 79.9. The summed E-state index contributed by atoms with van der Waals surface area (Å²) >= 11 is 3.37. The molecule has 0 aliphatic heterocycles. The maximum absolute atomic E-state index is 12.1. The Kier molecular flexibility index (Phi) is 4.86. The van der Waals surface area contributed by atoms with Crippen molar-refractivity contribution in [2.75, 3.05) is 5.01 Å². The molecule has 1 heterocycles. The molecule has 1 aromatic rings. The SMILES string of the molecule is CC(C)(C)OC(=O)NN(c1nc(C#N)ncc1Br)C1CCC1. The number of anilines is 1. The lowest BCUT2D eigenvalue weighted by atomic mass is 9.92. The quantitative estimate of drug-likeness (QED) is 0.825. The normalized spacial score (nSPS) is 14.7. The minimum Gasteiger partial charge on any atom is -0.443 e. The molecule has 1 saturated carbocycles. The topological polar surface area (TPSA) is 91.1 Å². The lowest BCUT2D eigenvalue weighted by Crippen LogP contribution is -2.53. The maximum Gasteiger partial charge on any atom is 0.426 e. The lowest BCUT2D eigenvalue weighted by molar-refractivity contribution is 0.0507. The van der Waals surface area contributed by atoms with Gasteiger partial charge in [0.2, 0.25) is 5.82 Å². The van der Waals surface area contributed by atoms with E-state index in [0.29, 0.717) is 10.3 Å². The lowest BCUT2D eigenvalue weighted by Gasteiger charge is -2.38. The monoisotopic (exact) mass is 367 g/mol. The van der Waals surface area contributed by atoms with E-state index in [1.807, 2.05) is 6.07 Å². The standard InChI is InChI=1S/C14H18BrN5O2/c1-14(2,3)22-13(21)19-20(9-5-4-6-9)12-10(15)8-17-11(7-16)18-12/h8-9H,4-6H2,1-3H3,(H,19,21). The number of amides is 1. The molecule has 2 rings (SSSR count). The highest BCUT2D eigenvalue weighted by molar-refractivity contribution is 9.10. The highest BCUT2D eigenvalue weighted by Gasteiger charge is 2.30. The van der Waals surface area contributed by atoms with Gasteiger partial charge in [-0.15, -0.1) is 0 Å². The Morgan fingerprint density at radius 1 is 1.55 bits per heavy atom. The number of ether oxygens (including phenoxy) is 1. The van der Waals surface area contributed by atoms with Gasteiger partial charge in [-0.1, -0.05) is 0 Å². The van der Waals surface area contributed by atoms with E-state index >= 15 is 0 Å². The third-order valence-corrected chi connectivity index (χ3v) is 3.66. The number of nitriles is 1. The van der Waals surface area contributed by atoms with Gasteiger partial charge in [-0.2, -0.15) is 10.2 Å². The summed E-state index contributed by atoms with van der Waals surface area (Å²) in [6.45, 7) is 5.40. The van der Waals surface area contributed by atoms with Crippen LogP contribution in [0.4, 0.5) is 10.6 Å². The molecular formula is C14H18BrN5O2. The zero-order valence-electron chi connectivity index (χ0n) is 12.8. The summed E-state index contributed by atoms with van der Waals surface area (Å²) in [4.78, 5) is 20.1. The van der Waals surface area contributed by atoms with E-state index in [2.05, 4.69) is 31.3 Å². The number of nitrogens with zero attached hydrogens (tertiary/aromatic N) is 4. The van der Waals surface area contributed by atoms with Crippen LogP contribution in [-0.2, 0) is 4.74 Å². The number of carbonyl (C=O) groups is 1. The molecule has 0 unspecified atom stereocenters. The molecule has 0 aromatic carbocycles. The number of rotatable bonds is 3. The van der Waals surface area contributed by atoms with Gasteiger partial charge in [-0.25, -0.2) is 15.2 Å². The first-order valence-corrected chi connectivity index (χ1v) is 7.81. The predicted octanol–water partition coefficient (Wildman–Crippen LogP) is 2.91. The molecule has 0 saturated heterocycles. The van der Waals surface area contributed by atoms with Gasteiger partial charge in [0.25, 0.3) is 0 Å². The fourth-order valence-corrected chi connectivity index (χ4v) is 2.32. The fourth-order valence-electron chi connectivity index (χ4n) is 1.94. The molecule has 118 valence electrons. The molecule has 0 spiro atoms. The van der Waals surface area contributed by atoms with Gasteiger partial charge in [-0.05, 0) is 56.0 Å². The first kappa shape index (κ1) is 16.5. The van der Waals surface area contributed by atoms with E-state index in [0.717, 1.165) is 19.3 Å². The zero-order chi connectivity index (χ0) is 16.3. The molecular weight excluding hydrogens is 350 g/mol. The Bertz CT molecular complexity index is 604. The summed E-state index contributed by atoms with van der Waals surface area (Å²) in [5.41, 5.74) is 2.14. The van der Waals surface area contributed by atoms with Gasteiger partial charge in [0, 0.05) is 6.20 Å². The molecule has 0 bridgehead atoms. The third-order valence-electron chi connectivity index (χ3n) is 3.10. The number of hydrogen-bond acceptors (Lipinski definition) is 6. The summed E-state index contributed by atoms with van der Waals surface area (Å²) in [6.07, 6.45) is 3.92. The smallest absolute Gasteiger partial charge is 0.426 e. The Morgan fingerprint density at radius 3 is 2.73 bits per heavy atom. The van der Waals surface area contributed by atoms with Gasteiger partial charge in [-0.3, -0.25) is 5.01 Å². The van der Waals surface area contributed by atoms with Crippen LogP contribution in [0, 0.1) is 11.3 Å². The van der Waals surface area contributed by atoms with E-state index < -0.39 is 11.7 Å². The summed E-state index contributed by atoms with van der Waals surface area (Å²) in [6, 6.07) is 2.03. The molecule has 1 aliphatic carbocycles. The minimum absolute atomic E-state index is 0.0495. The summed E-state index contributed by atoms with van der Waals surface area (Å²) < 4.78 is 5.90. The van der Waals surface area contributed by atoms with Crippen LogP contribution in [0.25, 0.3) is 0 Å². The van der Waals surface area contributed by atoms with Crippen molar-refractivity contribution in [3.63, 3.8) is 0 Å². The van der Waals surface area contributed by atoms with Gasteiger partial charge in [0.05, 0.1) is 10.5 Å². The summed E-state index contributed by atoms with van der Waals surface area (Å²) in [5.74, 6) is 0.510. The first-order chi connectivity index (χ1) is 10.3. The van der Waals surface area contributed by atoms with E-state index in [1.54, 1.807) is 25.8 Å². The van der Waals surface area contributed by atoms with Crippen LogP contribution in [0.3, 0.4) is 0 Å². The largest absolute Gasteiger partial charge is 0.443 e. The van der Waals surface area contributed by atoms with E-state index in [9.17, 15) is 4.79 Å². The number of nitrogens with one attached hydrogen (secondary N) is 1. The zero-order valence-corrected chi connectivity index (χ0v) is 14.3. The predicted molar refractivity (Wildman–Crippen MR) is 83.9 cm³/mol. The number of halogens is 1. The molecule has 1 aromatic heterocycles.